The van der Waals surface area contributed by atoms with E-state index in [1.165, 1.54) is 0 Å². The molecule has 0 heterocycles. The fourth-order valence-corrected chi connectivity index (χ4v) is 2.05. The summed E-state index contributed by atoms with van der Waals surface area (Å²) in [7, 11) is 1.61. The van der Waals surface area contributed by atoms with E-state index in [1.54, 1.807) is 7.11 Å². The Hall–Kier alpha value is -2.04. The molecule has 1 amide bonds. The first-order valence-corrected chi connectivity index (χ1v) is 6.25. The van der Waals surface area contributed by atoms with Crippen LogP contribution in [0.5, 0.6) is 5.75 Å². The van der Waals surface area contributed by atoms with Gasteiger partial charge in [-0.15, -0.1) is 0 Å². The minimum Gasteiger partial charge on any atom is -0.497 e. The molecule has 19 heavy (non-hydrogen) atoms. The van der Waals surface area contributed by atoms with Crippen LogP contribution in [0.1, 0.15) is 12.0 Å². The molecule has 2 atom stereocenters. The van der Waals surface area contributed by atoms with E-state index >= 15 is 0 Å². The molecule has 0 aromatic heterocycles. The number of amides is 1. The molecular weight excluding hydrogens is 246 g/mol. The van der Waals surface area contributed by atoms with Gasteiger partial charge in [-0.25, -0.2) is 0 Å². The van der Waals surface area contributed by atoms with E-state index in [0.717, 1.165) is 11.3 Å². The molecule has 1 aromatic carbocycles. The summed E-state index contributed by atoms with van der Waals surface area (Å²) < 4.78 is 5.12. The zero-order valence-electron chi connectivity index (χ0n) is 10.8. The van der Waals surface area contributed by atoms with Crippen molar-refractivity contribution in [3.05, 3.63) is 29.8 Å². The Kier molecular flexibility index (Phi) is 4.04. The number of hydrogen-bond donors (Lipinski definition) is 2. The van der Waals surface area contributed by atoms with Gasteiger partial charge in [0.15, 0.2) is 0 Å². The van der Waals surface area contributed by atoms with Crippen molar-refractivity contribution in [1.29, 1.82) is 0 Å². The summed E-state index contributed by atoms with van der Waals surface area (Å²) in [5.74, 6) is -1.08. The maximum Gasteiger partial charge on any atom is 0.307 e. The van der Waals surface area contributed by atoms with Crippen molar-refractivity contribution in [2.45, 2.75) is 12.8 Å². The molecular formula is C14H17NO4. The van der Waals surface area contributed by atoms with Crippen LogP contribution in [0, 0.1) is 11.8 Å². The Labute approximate surface area is 111 Å². The summed E-state index contributed by atoms with van der Waals surface area (Å²) >= 11 is 0. The summed E-state index contributed by atoms with van der Waals surface area (Å²) in [4.78, 5) is 22.3. The zero-order chi connectivity index (χ0) is 13.8. The van der Waals surface area contributed by atoms with Crippen molar-refractivity contribution in [3.8, 4) is 5.75 Å². The molecule has 1 aliphatic rings. The molecule has 2 N–H and O–H groups in total. The van der Waals surface area contributed by atoms with E-state index in [4.69, 9.17) is 9.84 Å². The van der Waals surface area contributed by atoms with Gasteiger partial charge in [-0.1, -0.05) is 12.1 Å². The molecule has 0 saturated heterocycles. The highest BCUT2D eigenvalue weighted by atomic mass is 16.5. The number of benzene rings is 1. The van der Waals surface area contributed by atoms with Crippen molar-refractivity contribution in [2.75, 3.05) is 13.7 Å². The lowest BCUT2D eigenvalue weighted by Crippen LogP contribution is -2.28. The maximum absolute atomic E-state index is 11.6. The quantitative estimate of drug-likeness (QED) is 0.805. The number of carboxylic acids is 1. The van der Waals surface area contributed by atoms with Gasteiger partial charge in [0.25, 0.3) is 0 Å². The van der Waals surface area contributed by atoms with Gasteiger partial charge in [-0.05, 0) is 30.5 Å². The summed E-state index contributed by atoms with van der Waals surface area (Å²) in [6.07, 6.45) is 1.16. The highest BCUT2D eigenvalue weighted by molar-refractivity contribution is 5.89. The molecule has 5 nitrogen and oxygen atoms in total. The van der Waals surface area contributed by atoms with Crippen molar-refractivity contribution in [3.63, 3.8) is 0 Å². The Morgan fingerprint density at radius 3 is 2.84 bits per heavy atom. The van der Waals surface area contributed by atoms with Gasteiger partial charge in [0.05, 0.1) is 18.9 Å². The van der Waals surface area contributed by atoms with E-state index in [9.17, 15) is 9.59 Å². The predicted molar refractivity (Wildman–Crippen MR) is 68.9 cm³/mol. The summed E-state index contributed by atoms with van der Waals surface area (Å²) in [5.41, 5.74) is 1.07. The number of nitrogens with one attached hydrogen (secondary N) is 1. The van der Waals surface area contributed by atoms with Gasteiger partial charge in [-0.2, -0.15) is 0 Å². The lowest BCUT2D eigenvalue weighted by atomic mass is 10.1. The number of rotatable bonds is 6. The lowest BCUT2D eigenvalue weighted by molar-refractivity contribution is -0.140. The minimum atomic E-state index is -0.882. The zero-order valence-corrected chi connectivity index (χ0v) is 10.8. The fraction of sp³-hybridized carbons (Fsp3) is 0.429. The summed E-state index contributed by atoms with van der Waals surface area (Å²) in [5, 5.41) is 11.5. The average Bonchev–Trinajstić information content (AvgIpc) is 3.19. The first-order chi connectivity index (χ1) is 9.11. The molecule has 102 valence electrons. The predicted octanol–water partition coefficient (Wildman–Crippen LogP) is 1.07. The van der Waals surface area contributed by atoms with E-state index < -0.39 is 11.9 Å². The van der Waals surface area contributed by atoms with Crippen molar-refractivity contribution in [1.82, 2.24) is 5.32 Å². The van der Waals surface area contributed by atoms with Crippen LogP contribution >= 0.6 is 0 Å². The maximum atomic E-state index is 11.6. The van der Waals surface area contributed by atoms with Crippen LogP contribution < -0.4 is 10.1 Å². The van der Waals surface area contributed by atoms with Crippen molar-refractivity contribution >= 4 is 11.9 Å². The van der Waals surface area contributed by atoms with Gasteiger partial charge in [-0.3, -0.25) is 9.59 Å². The lowest BCUT2D eigenvalue weighted by Gasteiger charge is -2.06. The molecule has 1 fully saturated rings. The number of aliphatic carboxylic acids is 1. The van der Waals surface area contributed by atoms with Crippen LogP contribution in [0.2, 0.25) is 0 Å². The van der Waals surface area contributed by atoms with Gasteiger partial charge in [0, 0.05) is 6.54 Å². The molecule has 0 radical (unpaired) electrons. The second-order valence-electron chi connectivity index (χ2n) is 4.68. The molecule has 1 aliphatic carbocycles. The Morgan fingerprint density at radius 1 is 1.42 bits per heavy atom. The van der Waals surface area contributed by atoms with Crippen LogP contribution in [-0.2, 0) is 16.0 Å². The van der Waals surface area contributed by atoms with Gasteiger partial charge < -0.3 is 15.2 Å². The third kappa shape index (κ3) is 3.47. The topological polar surface area (TPSA) is 75.6 Å². The van der Waals surface area contributed by atoms with Crippen molar-refractivity contribution < 1.29 is 19.4 Å². The van der Waals surface area contributed by atoms with Gasteiger partial charge >= 0.3 is 5.97 Å². The molecule has 0 unspecified atom stereocenters. The van der Waals surface area contributed by atoms with Crippen LogP contribution in [0.25, 0.3) is 0 Å². The largest absolute Gasteiger partial charge is 0.497 e. The second kappa shape index (κ2) is 5.73. The smallest absolute Gasteiger partial charge is 0.307 e. The molecule has 0 aliphatic heterocycles. The SMILES string of the molecule is COc1cccc(CCNC(=O)[C@@H]2C[C@H]2C(=O)O)c1. The Morgan fingerprint density at radius 2 is 2.21 bits per heavy atom. The van der Waals surface area contributed by atoms with Crippen molar-refractivity contribution in [2.24, 2.45) is 11.8 Å². The highest BCUT2D eigenvalue weighted by Gasteiger charge is 2.48. The van der Waals surface area contributed by atoms with E-state index in [0.29, 0.717) is 19.4 Å². The summed E-state index contributed by atoms with van der Waals surface area (Å²) in [6.45, 7) is 0.509. The standard InChI is InChI=1S/C14H17NO4/c1-19-10-4-2-3-9(7-10)5-6-15-13(16)11-8-12(11)14(17)18/h2-4,7,11-12H,5-6,8H2,1H3,(H,15,16)(H,17,18)/t11-,12-/m1/s1. The van der Waals surface area contributed by atoms with E-state index in [1.807, 2.05) is 24.3 Å². The Bertz CT molecular complexity index is 486. The monoisotopic (exact) mass is 263 g/mol. The number of carbonyl (C=O) groups excluding carboxylic acids is 1. The number of carbonyl (C=O) groups is 2. The first-order valence-electron chi connectivity index (χ1n) is 6.25. The normalized spacial score (nSPS) is 20.7. The van der Waals surface area contributed by atoms with Crippen LogP contribution in [-0.4, -0.2) is 30.6 Å². The molecule has 0 spiro atoms. The van der Waals surface area contributed by atoms with E-state index in [-0.39, 0.29) is 11.8 Å². The van der Waals surface area contributed by atoms with Gasteiger partial charge in [0.2, 0.25) is 5.91 Å². The molecule has 1 saturated carbocycles. The number of ether oxygens (including phenoxy) is 1. The molecule has 0 bridgehead atoms. The van der Waals surface area contributed by atoms with Crippen LogP contribution in [0.15, 0.2) is 24.3 Å². The summed E-state index contributed by atoms with van der Waals surface area (Å²) in [6, 6.07) is 7.65. The van der Waals surface area contributed by atoms with E-state index in [2.05, 4.69) is 5.32 Å². The highest BCUT2D eigenvalue weighted by Crippen LogP contribution is 2.38. The van der Waals surface area contributed by atoms with Crippen LogP contribution in [0.3, 0.4) is 0 Å². The number of carboxylic acid groups (broad SMARTS) is 1. The molecule has 5 heteroatoms. The average molecular weight is 263 g/mol. The first kappa shape index (κ1) is 13.4. The third-order valence-corrected chi connectivity index (χ3v) is 3.29. The minimum absolute atomic E-state index is 0.157. The van der Waals surface area contributed by atoms with Gasteiger partial charge in [0.1, 0.15) is 5.75 Å². The van der Waals surface area contributed by atoms with Crippen LogP contribution in [0.4, 0.5) is 0 Å². The molecule has 1 aromatic rings. The Balaban J connectivity index is 1.74. The third-order valence-electron chi connectivity index (χ3n) is 3.29. The number of hydrogen-bond acceptors (Lipinski definition) is 3. The fourth-order valence-electron chi connectivity index (χ4n) is 2.05. The number of methoxy groups -OCH3 is 1. The molecule has 2 rings (SSSR count). The second-order valence-corrected chi connectivity index (χ2v) is 4.68.